The molecule has 0 atom stereocenters. The number of hydrogen-bond donors (Lipinski definition) is 0. The summed E-state index contributed by atoms with van der Waals surface area (Å²) in [5.41, 5.74) is -0.674. The molecule has 1 aliphatic heterocycles. The van der Waals surface area contributed by atoms with E-state index < -0.39 is 11.7 Å². The van der Waals surface area contributed by atoms with Crippen molar-refractivity contribution in [3.63, 3.8) is 0 Å². The zero-order chi connectivity index (χ0) is 15.5. The highest BCUT2D eigenvalue weighted by Gasteiger charge is 2.31. The molecule has 0 saturated carbocycles. The summed E-state index contributed by atoms with van der Waals surface area (Å²) in [6.45, 7) is 5.77. The molecule has 0 bridgehead atoms. The van der Waals surface area contributed by atoms with E-state index in [1.807, 2.05) is 0 Å². The van der Waals surface area contributed by atoms with Gasteiger partial charge in [-0.05, 0) is 31.2 Å². The zero-order valence-corrected chi connectivity index (χ0v) is 12.0. The third kappa shape index (κ3) is 3.97. The number of piperazine rings is 1. The molecule has 1 amide bonds. The molecule has 21 heavy (non-hydrogen) atoms. The molecule has 3 nitrogen and oxygen atoms in total. The first kappa shape index (κ1) is 15.8. The van der Waals surface area contributed by atoms with Crippen LogP contribution in [0.15, 0.2) is 24.3 Å². The molecule has 2 rings (SSSR count). The zero-order valence-electron chi connectivity index (χ0n) is 12.0. The molecule has 1 aromatic rings. The van der Waals surface area contributed by atoms with Gasteiger partial charge in [-0.2, -0.15) is 13.2 Å². The summed E-state index contributed by atoms with van der Waals surface area (Å²) in [7, 11) is 0. The maximum Gasteiger partial charge on any atom is 0.416 e. The van der Waals surface area contributed by atoms with Gasteiger partial charge in [-0.1, -0.05) is 13.0 Å². The molecule has 1 aliphatic rings. The van der Waals surface area contributed by atoms with Crippen LogP contribution >= 0.6 is 0 Å². The standard InChI is InChI=1S/C15H19F3N2O/c1-2-6-19-7-9-20(10-8-19)14(21)12-4-3-5-13(11-12)15(16,17)18/h3-5,11H,2,6-10H2,1H3. The van der Waals surface area contributed by atoms with Crippen molar-refractivity contribution in [2.24, 2.45) is 0 Å². The molecule has 116 valence electrons. The number of hydrogen-bond acceptors (Lipinski definition) is 2. The van der Waals surface area contributed by atoms with Crippen LogP contribution in [0.3, 0.4) is 0 Å². The monoisotopic (exact) mass is 300 g/mol. The second-order valence-corrected chi connectivity index (χ2v) is 5.21. The molecule has 0 aromatic heterocycles. The summed E-state index contributed by atoms with van der Waals surface area (Å²) < 4.78 is 38.0. The summed E-state index contributed by atoms with van der Waals surface area (Å²) in [4.78, 5) is 16.2. The lowest BCUT2D eigenvalue weighted by Gasteiger charge is -2.34. The van der Waals surface area contributed by atoms with Crippen molar-refractivity contribution < 1.29 is 18.0 Å². The van der Waals surface area contributed by atoms with Gasteiger partial charge in [0.05, 0.1) is 5.56 Å². The maximum absolute atomic E-state index is 12.7. The lowest BCUT2D eigenvalue weighted by Crippen LogP contribution is -2.48. The second-order valence-electron chi connectivity index (χ2n) is 5.21. The van der Waals surface area contributed by atoms with Gasteiger partial charge in [-0.25, -0.2) is 0 Å². The normalized spacial score (nSPS) is 17.0. The Hall–Kier alpha value is -1.56. The van der Waals surface area contributed by atoms with E-state index in [-0.39, 0.29) is 11.5 Å². The summed E-state index contributed by atoms with van der Waals surface area (Å²) >= 11 is 0. The lowest BCUT2D eigenvalue weighted by molar-refractivity contribution is -0.137. The molecule has 0 aliphatic carbocycles. The van der Waals surface area contributed by atoms with Gasteiger partial charge in [0.1, 0.15) is 0 Å². The number of alkyl halides is 3. The Bertz CT molecular complexity index is 494. The molecule has 1 heterocycles. The molecule has 0 N–H and O–H groups in total. The van der Waals surface area contributed by atoms with E-state index in [9.17, 15) is 18.0 Å². The number of amides is 1. The van der Waals surface area contributed by atoms with E-state index in [4.69, 9.17) is 0 Å². The largest absolute Gasteiger partial charge is 0.416 e. The van der Waals surface area contributed by atoms with Gasteiger partial charge in [0.15, 0.2) is 0 Å². The van der Waals surface area contributed by atoms with Crippen LogP contribution in [0, 0.1) is 0 Å². The molecule has 0 spiro atoms. The number of benzene rings is 1. The quantitative estimate of drug-likeness (QED) is 0.857. The topological polar surface area (TPSA) is 23.6 Å². The van der Waals surface area contributed by atoms with Crippen molar-refractivity contribution in [2.75, 3.05) is 32.7 Å². The van der Waals surface area contributed by atoms with Gasteiger partial charge in [-0.15, -0.1) is 0 Å². The minimum Gasteiger partial charge on any atom is -0.336 e. The molecule has 0 unspecified atom stereocenters. The van der Waals surface area contributed by atoms with Crippen LogP contribution < -0.4 is 0 Å². The predicted octanol–water partition coefficient (Wildman–Crippen LogP) is 2.87. The minimum absolute atomic E-state index is 0.105. The Balaban J connectivity index is 2.04. The molecule has 0 radical (unpaired) electrons. The third-order valence-corrected chi connectivity index (χ3v) is 3.64. The van der Waals surface area contributed by atoms with Crippen molar-refractivity contribution >= 4 is 5.91 Å². The molecule has 1 fully saturated rings. The SMILES string of the molecule is CCCN1CCN(C(=O)c2cccc(C(F)(F)F)c2)CC1. The highest BCUT2D eigenvalue weighted by molar-refractivity contribution is 5.94. The Labute approximate surface area is 122 Å². The van der Waals surface area contributed by atoms with E-state index in [0.29, 0.717) is 13.1 Å². The van der Waals surface area contributed by atoms with E-state index >= 15 is 0 Å². The van der Waals surface area contributed by atoms with Crippen LogP contribution in [0.4, 0.5) is 13.2 Å². The Morgan fingerprint density at radius 1 is 1.19 bits per heavy atom. The molecule has 1 aromatic carbocycles. The van der Waals surface area contributed by atoms with Gasteiger partial charge in [-0.3, -0.25) is 9.69 Å². The van der Waals surface area contributed by atoms with E-state index in [1.165, 1.54) is 12.1 Å². The smallest absolute Gasteiger partial charge is 0.336 e. The van der Waals surface area contributed by atoms with Crippen molar-refractivity contribution in [3.8, 4) is 0 Å². The number of carbonyl (C=O) groups is 1. The molecular weight excluding hydrogens is 281 g/mol. The first-order chi connectivity index (χ1) is 9.91. The van der Waals surface area contributed by atoms with Crippen LogP contribution in [0.2, 0.25) is 0 Å². The Morgan fingerprint density at radius 2 is 1.86 bits per heavy atom. The second kappa shape index (κ2) is 6.47. The fourth-order valence-corrected chi connectivity index (χ4v) is 2.50. The van der Waals surface area contributed by atoms with Gasteiger partial charge in [0.25, 0.3) is 5.91 Å². The fourth-order valence-electron chi connectivity index (χ4n) is 2.50. The average molecular weight is 300 g/mol. The minimum atomic E-state index is -4.42. The van der Waals surface area contributed by atoms with Gasteiger partial charge in [0.2, 0.25) is 0 Å². The van der Waals surface area contributed by atoms with Crippen molar-refractivity contribution in [2.45, 2.75) is 19.5 Å². The molecule has 6 heteroatoms. The van der Waals surface area contributed by atoms with E-state index in [1.54, 1.807) is 4.90 Å². The van der Waals surface area contributed by atoms with Crippen LogP contribution in [0.5, 0.6) is 0 Å². The van der Waals surface area contributed by atoms with Crippen molar-refractivity contribution in [1.29, 1.82) is 0 Å². The predicted molar refractivity (Wildman–Crippen MR) is 74.1 cm³/mol. The van der Waals surface area contributed by atoms with Crippen molar-refractivity contribution in [3.05, 3.63) is 35.4 Å². The van der Waals surface area contributed by atoms with Gasteiger partial charge in [0, 0.05) is 31.7 Å². The molecule has 1 saturated heterocycles. The number of carbonyl (C=O) groups excluding carboxylic acids is 1. The summed E-state index contributed by atoms with van der Waals surface area (Å²) in [6.07, 6.45) is -3.36. The third-order valence-electron chi connectivity index (χ3n) is 3.64. The highest BCUT2D eigenvalue weighted by Crippen LogP contribution is 2.29. The fraction of sp³-hybridized carbons (Fsp3) is 0.533. The van der Waals surface area contributed by atoms with Crippen LogP contribution in [-0.2, 0) is 6.18 Å². The highest BCUT2D eigenvalue weighted by atomic mass is 19.4. The Morgan fingerprint density at radius 3 is 2.43 bits per heavy atom. The first-order valence-corrected chi connectivity index (χ1v) is 7.10. The lowest BCUT2D eigenvalue weighted by atomic mass is 10.1. The van der Waals surface area contributed by atoms with E-state index in [2.05, 4.69) is 11.8 Å². The number of halogens is 3. The maximum atomic E-state index is 12.7. The van der Waals surface area contributed by atoms with Crippen LogP contribution in [0.25, 0.3) is 0 Å². The summed E-state index contributed by atoms with van der Waals surface area (Å²) in [5, 5.41) is 0. The van der Waals surface area contributed by atoms with Crippen LogP contribution in [0.1, 0.15) is 29.3 Å². The summed E-state index contributed by atoms with van der Waals surface area (Å²) in [5.74, 6) is -0.322. The van der Waals surface area contributed by atoms with Gasteiger partial charge >= 0.3 is 6.18 Å². The Kier molecular flexibility index (Phi) is 4.88. The van der Waals surface area contributed by atoms with Gasteiger partial charge < -0.3 is 4.90 Å². The average Bonchev–Trinajstić information content (AvgIpc) is 2.47. The van der Waals surface area contributed by atoms with Crippen LogP contribution in [-0.4, -0.2) is 48.4 Å². The first-order valence-electron chi connectivity index (χ1n) is 7.10. The van der Waals surface area contributed by atoms with E-state index in [0.717, 1.165) is 38.2 Å². The number of nitrogens with zero attached hydrogens (tertiary/aromatic N) is 2. The number of rotatable bonds is 3. The van der Waals surface area contributed by atoms with Crippen molar-refractivity contribution in [1.82, 2.24) is 9.80 Å². The summed E-state index contributed by atoms with van der Waals surface area (Å²) in [6, 6.07) is 4.64. The molecular formula is C15H19F3N2O.